The number of hydrogen-bond acceptors (Lipinski definition) is 4. The van der Waals surface area contributed by atoms with E-state index in [9.17, 15) is 9.59 Å². The molecule has 7 heteroatoms. The SMILES string of the molecule is CSCC[C@@H](NC(=O)Cc1ccn[nH]1)C(=O)O. The molecule has 6 nitrogen and oxygen atoms in total. The fourth-order valence-electron chi connectivity index (χ4n) is 1.29. The molecule has 0 saturated heterocycles. The lowest BCUT2D eigenvalue weighted by Gasteiger charge is -2.13. The van der Waals surface area contributed by atoms with Gasteiger partial charge in [0, 0.05) is 11.9 Å². The van der Waals surface area contributed by atoms with E-state index in [0.717, 1.165) is 0 Å². The number of nitrogens with zero attached hydrogens (tertiary/aromatic N) is 1. The summed E-state index contributed by atoms with van der Waals surface area (Å²) in [6.07, 6.45) is 3.98. The van der Waals surface area contributed by atoms with E-state index in [4.69, 9.17) is 5.11 Å². The minimum atomic E-state index is -1.00. The minimum absolute atomic E-state index is 0.114. The number of aliphatic carboxylic acids is 1. The number of amides is 1. The van der Waals surface area contributed by atoms with Gasteiger partial charge in [0.25, 0.3) is 0 Å². The Kier molecular flexibility index (Phi) is 5.55. The van der Waals surface area contributed by atoms with Crippen LogP contribution in [0.2, 0.25) is 0 Å². The normalized spacial score (nSPS) is 12.1. The summed E-state index contributed by atoms with van der Waals surface area (Å²) >= 11 is 1.55. The molecule has 0 radical (unpaired) electrons. The van der Waals surface area contributed by atoms with Crippen LogP contribution in [0.15, 0.2) is 12.3 Å². The summed E-state index contributed by atoms with van der Waals surface area (Å²) in [6, 6.07) is 0.856. The fraction of sp³-hybridized carbons (Fsp3) is 0.500. The lowest BCUT2D eigenvalue weighted by molar-refractivity contribution is -0.141. The van der Waals surface area contributed by atoms with Gasteiger partial charge < -0.3 is 10.4 Å². The van der Waals surface area contributed by atoms with Crippen molar-refractivity contribution >= 4 is 23.6 Å². The fourth-order valence-corrected chi connectivity index (χ4v) is 1.77. The molecule has 0 aliphatic rings. The lowest BCUT2D eigenvalue weighted by Crippen LogP contribution is -2.41. The predicted octanol–water partition coefficient (Wildman–Crippen LogP) is 0.275. The number of carboxylic acid groups (broad SMARTS) is 1. The van der Waals surface area contributed by atoms with Crippen molar-refractivity contribution in [2.75, 3.05) is 12.0 Å². The van der Waals surface area contributed by atoms with Gasteiger partial charge in [-0.15, -0.1) is 0 Å². The van der Waals surface area contributed by atoms with Gasteiger partial charge in [0.2, 0.25) is 5.91 Å². The minimum Gasteiger partial charge on any atom is -0.480 e. The molecule has 0 spiro atoms. The van der Waals surface area contributed by atoms with E-state index in [0.29, 0.717) is 17.9 Å². The second-order valence-electron chi connectivity index (χ2n) is 3.50. The molecule has 94 valence electrons. The molecular weight excluding hydrogens is 242 g/mol. The van der Waals surface area contributed by atoms with Crippen LogP contribution in [0.5, 0.6) is 0 Å². The largest absolute Gasteiger partial charge is 0.480 e. The third-order valence-corrected chi connectivity index (χ3v) is 2.80. The van der Waals surface area contributed by atoms with E-state index in [1.165, 1.54) is 0 Å². The van der Waals surface area contributed by atoms with Gasteiger partial charge >= 0.3 is 5.97 Å². The molecular formula is C10H15N3O3S. The van der Waals surface area contributed by atoms with Crippen LogP contribution in [0.4, 0.5) is 0 Å². The molecule has 0 aliphatic carbocycles. The van der Waals surface area contributed by atoms with Gasteiger partial charge in [0.15, 0.2) is 0 Å². The Balaban J connectivity index is 2.43. The predicted molar refractivity (Wildman–Crippen MR) is 64.9 cm³/mol. The first-order valence-corrected chi connectivity index (χ1v) is 6.52. The molecule has 3 N–H and O–H groups in total. The zero-order valence-electron chi connectivity index (χ0n) is 9.47. The molecule has 0 saturated carbocycles. The summed E-state index contributed by atoms with van der Waals surface area (Å²) in [7, 11) is 0. The number of carbonyl (C=O) groups is 2. The second kappa shape index (κ2) is 6.95. The maximum Gasteiger partial charge on any atom is 0.326 e. The maximum absolute atomic E-state index is 11.6. The van der Waals surface area contributed by atoms with E-state index in [1.807, 2.05) is 6.26 Å². The Morgan fingerprint density at radius 2 is 2.41 bits per heavy atom. The Labute approximate surface area is 103 Å². The first-order valence-electron chi connectivity index (χ1n) is 5.13. The number of rotatable bonds is 7. The highest BCUT2D eigenvalue weighted by atomic mass is 32.2. The van der Waals surface area contributed by atoms with Crippen molar-refractivity contribution in [2.45, 2.75) is 18.9 Å². The summed E-state index contributed by atoms with van der Waals surface area (Å²) in [5.41, 5.74) is 0.663. The van der Waals surface area contributed by atoms with Gasteiger partial charge in [-0.05, 0) is 24.5 Å². The zero-order chi connectivity index (χ0) is 12.7. The van der Waals surface area contributed by atoms with Crippen molar-refractivity contribution in [1.29, 1.82) is 0 Å². The summed E-state index contributed by atoms with van der Waals surface area (Å²) in [4.78, 5) is 22.5. The first kappa shape index (κ1) is 13.6. The van der Waals surface area contributed by atoms with Gasteiger partial charge in [0.1, 0.15) is 6.04 Å². The summed E-state index contributed by atoms with van der Waals surface area (Å²) in [6.45, 7) is 0. The van der Waals surface area contributed by atoms with Crippen LogP contribution in [0, 0.1) is 0 Å². The molecule has 1 heterocycles. The molecule has 0 aromatic carbocycles. The van der Waals surface area contributed by atoms with Gasteiger partial charge in [-0.1, -0.05) is 0 Å². The number of carbonyl (C=O) groups excluding carboxylic acids is 1. The first-order chi connectivity index (χ1) is 8.13. The monoisotopic (exact) mass is 257 g/mol. The molecule has 0 unspecified atom stereocenters. The van der Waals surface area contributed by atoms with Crippen molar-refractivity contribution in [3.05, 3.63) is 18.0 Å². The average molecular weight is 257 g/mol. The lowest BCUT2D eigenvalue weighted by atomic mass is 10.2. The Hall–Kier alpha value is -1.50. The molecule has 1 atom stereocenters. The molecule has 0 aliphatic heterocycles. The van der Waals surface area contributed by atoms with Crippen LogP contribution in [0.3, 0.4) is 0 Å². The van der Waals surface area contributed by atoms with Crippen LogP contribution in [-0.4, -0.2) is 45.2 Å². The van der Waals surface area contributed by atoms with Crippen LogP contribution in [0.1, 0.15) is 12.1 Å². The summed E-state index contributed by atoms with van der Waals surface area (Å²) in [5.74, 6) is -0.624. The maximum atomic E-state index is 11.6. The van der Waals surface area contributed by atoms with Crippen molar-refractivity contribution in [3.8, 4) is 0 Å². The van der Waals surface area contributed by atoms with Crippen molar-refractivity contribution in [2.24, 2.45) is 0 Å². The summed E-state index contributed by atoms with van der Waals surface area (Å²) < 4.78 is 0. The number of aromatic nitrogens is 2. The van der Waals surface area contributed by atoms with Gasteiger partial charge in [-0.2, -0.15) is 16.9 Å². The van der Waals surface area contributed by atoms with Gasteiger partial charge in [-0.25, -0.2) is 4.79 Å². The molecule has 0 bridgehead atoms. The number of aromatic amines is 1. The van der Waals surface area contributed by atoms with E-state index in [-0.39, 0.29) is 12.3 Å². The average Bonchev–Trinajstić information content (AvgIpc) is 2.76. The van der Waals surface area contributed by atoms with E-state index >= 15 is 0 Å². The number of H-pyrrole nitrogens is 1. The summed E-state index contributed by atoms with van der Waals surface area (Å²) in [5, 5.41) is 17.8. The molecule has 1 aromatic rings. The number of carboxylic acids is 1. The molecule has 17 heavy (non-hydrogen) atoms. The number of thioether (sulfide) groups is 1. The Bertz CT molecular complexity index is 367. The van der Waals surface area contributed by atoms with Gasteiger partial charge in [-0.3, -0.25) is 9.89 Å². The number of hydrogen-bond donors (Lipinski definition) is 3. The second-order valence-corrected chi connectivity index (χ2v) is 4.48. The third-order valence-electron chi connectivity index (χ3n) is 2.15. The smallest absolute Gasteiger partial charge is 0.326 e. The standard InChI is InChI=1S/C10H15N3O3S/c1-17-5-3-8(10(15)16)12-9(14)6-7-2-4-11-13-7/h2,4,8H,3,5-6H2,1H3,(H,11,13)(H,12,14)(H,15,16)/t8-/m1/s1. The molecule has 1 aromatic heterocycles. The van der Waals surface area contributed by atoms with Crippen molar-refractivity contribution < 1.29 is 14.7 Å². The topological polar surface area (TPSA) is 95.1 Å². The van der Waals surface area contributed by atoms with E-state index in [2.05, 4.69) is 15.5 Å². The van der Waals surface area contributed by atoms with Crippen LogP contribution >= 0.6 is 11.8 Å². The highest BCUT2D eigenvalue weighted by Gasteiger charge is 2.19. The van der Waals surface area contributed by atoms with E-state index in [1.54, 1.807) is 24.0 Å². The molecule has 1 amide bonds. The number of nitrogens with one attached hydrogen (secondary N) is 2. The van der Waals surface area contributed by atoms with Crippen LogP contribution in [-0.2, 0) is 16.0 Å². The van der Waals surface area contributed by atoms with Gasteiger partial charge in [0.05, 0.1) is 6.42 Å². The quantitative estimate of drug-likeness (QED) is 0.652. The van der Waals surface area contributed by atoms with E-state index < -0.39 is 12.0 Å². The highest BCUT2D eigenvalue weighted by molar-refractivity contribution is 7.98. The highest BCUT2D eigenvalue weighted by Crippen LogP contribution is 2.02. The Morgan fingerprint density at radius 3 is 2.94 bits per heavy atom. The Morgan fingerprint density at radius 1 is 1.65 bits per heavy atom. The van der Waals surface area contributed by atoms with Crippen LogP contribution < -0.4 is 5.32 Å². The molecule has 0 fully saturated rings. The third kappa shape index (κ3) is 4.90. The zero-order valence-corrected chi connectivity index (χ0v) is 10.3. The van der Waals surface area contributed by atoms with Crippen molar-refractivity contribution in [3.63, 3.8) is 0 Å². The van der Waals surface area contributed by atoms with Crippen molar-refractivity contribution in [1.82, 2.24) is 15.5 Å². The molecule has 1 rings (SSSR count). The van der Waals surface area contributed by atoms with Crippen LogP contribution in [0.25, 0.3) is 0 Å².